The van der Waals surface area contributed by atoms with Crippen LogP contribution in [-0.4, -0.2) is 38.3 Å². The van der Waals surface area contributed by atoms with Gasteiger partial charge in [0.05, 0.1) is 26.9 Å². The van der Waals surface area contributed by atoms with Gasteiger partial charge in [-0.25, -0.2) is 5.06 Å². The first-order chi connectivity index (χ1) is 12.0. The van der Waals surface area contributed by atoms with Crippen molar-refractivity contribution in [3.8, 4) is 5.75 Å². The van der Waals surface area contributed by atoms with E-state index in [0.717, 1.165) is 37.9 Å². The highest BCUT2D eigenvalue weighted by molar-refractivity contribution is 5.77. The summed E-state index contributed by atoms with van der Waals surface area (Å²) in [6.45, 7) is 2.64. The minimum absolute atomic E-state index is 0.00622. The number of hydrogen-bond acceptors (Lipinski definition) is 4. The van der Waals surface area contributed by atoms with E-state index in [0.29, 0.717) is 18.6 Å². The van der Waals surface area contributed by atoms with E-state index in [1.807, 2.05) is 31.2 Å². The van der Waals surface area contributed by atoms with E-state index in [2.05, 4.69) is 0 Å². The zero-order valence-corrected chi connectivity index (χ0v) is 15.9. The van der Waals surface area contributed by atoms with E-state index in [1.54, 1.807) is 14.2 Å². The van der Waals surface area contributed by atoms with Crippen molar-refractivity contribution in [2.75, 3.05) is 21.3 Å². The van der Waals surface area contributed by atoms with Crippen LogP contribution in [0.4, 0.5) is 0 Å². The van der Waals surface area contributed by atoms with Gasteiger partial charge in [0.15, 0.2) is 0 Å². The molecule has 0 aliphatic heterocycles. The lowest BCUT2D eigenvalue weighted by atomic mass is 9.82. The number of rotatable bonds is 8. The Morgan fingerprint density at radius 1 is 1.16 bits per heavy atom. The molecule has 1 aromatic rings. The van der Waals surface area contributed by atoms with Crippen LogP contribution in [0, 0.1) is 11.8 Å². The zero-order chi connectivity index (χ0) is 18.2. The third-order valence-corrected chi connectivity index (χ3v) is 5.13. The van der Waals surface area contributed by atoms with Crippen LogP contribution in [0.2, 0.25) is 0 Å². The third kappa shape index (κ3) is 6.01. The Hall–Kier alpha value is -1.59. The highest BCUT2D eigenvalue weighted by atomic mass is 16.7. The van der Waals surface area contributed by atoms with E-state index in [-0.39, 0.29) is 11.8 Å². The summed E-state index contributed by atoms with van der Waals surface area (Å²) in [7, 11) is 4.87. The van der Waals surface area contributed by atoms with Crippen LogP contribution in [0.25, 0.3) is 0 Å². The summed E-state index contributed by atoms with van der Waals surface area (Å²) in [6, 6.07) is 8.02. The van der Waals surface area contributed by atoms with Gasteiger partial charge in [0.2, 0.25) is 5.91 Å². The Kier molecular flexibility index (Phi) is 7.72. The Morgan fingerprint density at radius 2 is 1.80 bits per heavy atom. The summed E-state index contributed by atoms with van der Waals surface area (Å²) in [5.41, 5.74) is 1.17. The van der Waals surface area contributed by atoms with Crippen molar-refractivity contribution in [2.45, 2.75) is 51.7 Å². The molecule has 1 saturated carbocycles. The molecule has 0 heterocycles. The number of methoxy groups -OCH3 is 1. The fourth-order valence-electron chi connectivity index (χ4n) is 3.47. The van der Waals surface area contributed by atoms with Crippen molar-refractivity contribution in [3.05, 3.63) is 29.8 Å². The second-order valence-corrected chi connectivity index (χ2v) is 6.96. The van der Waals surface area contributed by atoms with E-state index in [4.69, 9.17) is 14.3 Å². The number of hydroxylamine groups is 2. The van der Waals surface area contributed by atoms with Gasteiger partial charge in [-0.2, -0.15) is 0 Å². The highest BCUT2D eigenvalue weighted by Crippen LogP contribution is 2.31. The standard InChI is InChI=1S/C20H31NO4/c1-15(20(22)21(2)24-4)13-16-5-11-19(12-6-16)25-14-17-7-9-18(23-3)10-8-17/h7-10,15-16,19H,5-6,11-14H2,1-4H3/t15-,16?,19?/m0/s1. The van der Waals surface area contributed by atoms with Gasteiger partial charge >= 0.3 is 0 Å². The number of ether oxygens (including phenoxy) is 2. The fourth-order valence-corrected chi connectivity index (χ4v) is 3.47. The van der Waals surface area contributed by atoms with Crippen LogP contribution in [0.1, 0.15) is 44.6 Å². The SMILES string of the molecule is COc1ccc(COC2CCC(C[C@H](C)C(=O)N(C)OC)CC2)cc1. The number of benzene rings is 1. The van der Waals surface area contributed by atoms with Crippen LogP contribution in [0.15, 0.2) is 24.3 Å². The molecule has 1 fully saturated rings. The monoisotopic (exact) mass is 349 g/mol. The summed E-state index contributed by atoms with van der Waals surface area (Å²) >= 11 is 0. The van der Waals surface area contributed by atoms with E-state index in [1.165, 1.54) is 17.7 Å². The number of hydrogen-bond donors (Lipinski definition) is 0. The number of amides is 1. The molecule has 1 amide bonds. The number of nitrogens with zero attached hydrogens (tertiary/aromatic N) is 1. The minimum Gasteiger partial charge on any atom is -0.497 e. The van der Waals surface area contributed by atoms with Crippen molar-refractivity contribution in [2.24, 2.45) is 11.8 Å². The summed E-state index contributed by atoms with van der Waals surface area (Å²) in [5.74, 6) is 1.53. The molecule has 0 saturated heterocycles. The molecule has 0 spiro atoms. The molecule has 1 aliphatic carbocycles. The molecule has 25 heavy (non-hydrogen) atoms. The molecule has 5 nitrogen and oxygen atoms in total. The Labute approximate surface area is 151 Å². The second kappa shape index (κ2) is 9.78. The predicted octanol–water partition coefficient (Wildman–Crippen LogP) is 3.82. The normalized spacial score (nSPS) is 21.6. The van der Waals surface area contributed by atoms with Crippen LogP contribution in [0.5, 0.6) is 5.75 Å². The lowest BCUT2D eigenvalue weighted by Gasteiger charge is -2.30. The van der Waals surface area contributed by atoms with E-state index >= 15 is 0 Å². The average Bonchev–Trinajstić information content (AvgIpc) is 2.66. The van der Waals surface area contributed by atoms with Crippen molar-refractivity contribution >= 4 is 5.91 Å². The Morgan fingerprint density at radius 3 is 2.36 bits per heavy atom. The maximum atomic E-state index is 12.1. The summed E-state index contributed by atoms with van der Waals surface area (Å²) in [6.07, 6.45) is 5.65. The predicted molar refractivity (Wildman–Crippen MR) is 97.1 cm³/mol. The second-order valence-electron chi connectivity index (χ2n) is 6.96. The topological polar surface area (TPSA) is 48.0 Å². The van der Waals surface area contributed by atoms with Gasteiger partial charge in [-0.1, -0.05) is 19.1 Å². The van der Waals surface area contributed by atoms with Gasteiger partial charge in [0, 0.05) is 13.0 Å². The molecule has 1 atom stereocenters. The number of carbonyl (C=O) groups excluding carboxylic acids is 1. The average molecular weight is 349 g/mol. The molecule has 0 radical (unpaired) electrons. The van der Waals surface area contributed by atoms with Gasteiger partial charge in [-0.05, 0) is 55.7 Å². The van der Waals surface area contributed by atoms with Crippen LogP contribution in [-0.2, 0) is 21.0 Å². The van der Waals surface area contributed by atoms with Crippen LogP contribution >= 0.6 is 0 Å². The smallest absolute Gasteiger partial charge is 0.248 e. The summed E-state index contributed by atoms with van der Waals surface area (Å²) in [4.78, 5) is 17.1. The van der Waals surface area contributed by atoms with E-state index in [9.17, 15) is 4.79 Å². The van der Waals surface area contributed by atoms with Crippen LogP contribution < -0.4 is 4.74 Å². The maximum Gasteiger partial charge on any atom is 0.248 e. The molecule has 1 aromatic carbocycles. The molecule has 0 bridgehead atoms. The number of carbonyl (C=O) groups is 1. The van der Waals surface area contributed by atoms with Crippen molar-refractivity contribution in [1.82, 2.24) is 5.06 Å². The van der Waals surface area contributed by atoms with Crippen molar-refractivity contribution in [1.29, 1.82) is 0 Å². The first-order valence-electron chi connectivity index (χ1n) is 9.09. The van der Waals surface area contributed by atoms with Gasteiger partial charge in [0.1, 0.15) is 5.75 Å². The largest absolute Gasteiger partial charge is 0.497 e. The molecule has 1 aliphatic rings. The van der Waals surface area contributed by atoms with Gasteiger partial charge in [-0.3, -0.25) is 9.63 Å². The molecule has 0 N–H and O–H groups in total. The van der Waals surface area contributed by atoms with Crippen molar-refractivity contribution < 1.29 is 19.1 Å². The molecular weight excluding hydrogens is 318 g/mol. The van der Waals surface area contributed by atoms with E-state index < -0.39 is 0 Å². The van der Waals surface area contributed by atoms with Gasteiger partial charge in [0.25, 0.3) is 0 Å². The van der Waals surface area contributed by atoms with Crippen LogP contribution in [0.3, 0.4) is 0 Å². The molecule has 0 aromatic heterocycles. The molecular formula is C20H31NO4. The fraction of sp³-hybridized carbons (Fsp3) is 0.650. The Balaban J connectivity index is 1.69. The molecule has 0 unspecified atom stereocenters. The van der Waals surface area contributed by atoms with Crippen molar-refractivity contribution in [3.63, 3.8) is 0 Å². The maximum absolute atomic E-state index is 12.1. The third-order valence-electron chi connectivity index (χ3n) is 5.13. The zero-order valence-electron chi connectivity index (χ0n) is 15.9. The summed E-state index contributed by atoms with van der Waals surface area (Å²) in [5, 5.41) is 1.33. The molecule has 2 rings (SSSR count). The molecule has 5 heteroatoms. The lowest BCUT2D eigenvalue weighted by molar-refractivity contribution is -0.173. The Bertz CT molecular complexity index is 523. The highest BCUT2D eigenvalue weighted by Gasteiger charge is 2.26. The molecule has 140 valence electrons. The van der Waals surface area contributed by atoms with Gasteiger partial charge in [-0.15, -0.1) is 0 Å². The lowest BCUT2D eigenvalue weighted by Crippen LogP contribution is -2.32. The first-order valence-corrected chi connectivity index (χ1v) is 9.09. The first kappa shape index (κ1) is 19.7. The quantitative estimate of drug-likeness (QED) is 0.670. The van der Waals surface area contributed by atoms with Gasteiger partial charge < -0.3 is 9.47 Å². The minimum atomic E-state index is 0.00622. The summed E-state index contributed by atoms with van der Waals surface area (Å²) < 4.78 is 11.2.